The van der Waals surface area contributed by atoms with Crippen LogP contribution in [0.1, 0.15) is 33.5 Å². The van der Waals surface area contributed by atoms with Gasteiger partial charge in [-0.25, -0.2) is 0 Å². The largest absolute Gasteiger partial charge is 0.377 e. The Labute approximate surface area is 135 Å². The summed E-state index contributed by atoms with van der Waals surface area (Å²) in [6.45, 7) is 8.92. The highest BCUT2D eigenvalue weighted by molar-refractivity contribution is 7.09. The maximum Gasteiger partial charge on any atom is 0.256 e. The molecule has 4 nitrogen and oxygen atoms in total. The van der Waals surface area contributed by atoms with Crippen molar-refractivity contribution in [3.05, 3.63) is 45.4 Å². The maximum absolute atomic E-state index is 12.9. The van der Waals surface area contributed by atoms with Gasteiger partial charge in [0.05, 0.1) is 31.4 Å². The van der Waals surface area contributed by atoms with E-state index in [4.69, 9.17) is 4.74 Å². The van der Waals surface area contributed by atoms with E-state index in [0.717, 1.165) is 23.5 Å². The normalized spacial score (nSPS) is 18.7. The van der Waals surface area contributed by atoms with Crippen LogP contribution in [0.3, 0.4) is 0 Å². The predicted octanol–water partition coefficient (Wildman–Crippen LogP) is 3.08. The molecule has 3 rings (SSSR count). The second-order valence-corrected chi connectivity index (χ2v) is 6.91. The lowest BCUT2D eigenvalue weighted by Crippen LogP contribution is -2.47. The zero-order valence-electron chi connectivity index (χ0n) is 13.3. The molecule has 0 unspecified atom stereocenters. The second-order valence-electron chi connectivity index (χ2n) is 5.87. The molecule has 2 aromatic rings. The third kappa shape index (κ3) is 2.83. The van der Waals surface area contributed by atoms with E-state index in [1.807, 2.05) is 24.8 Å². The Morgan fingerprint density at radius 1 is 1.45 bits per heavy atom. The monoisotopic (exact) mass is 318 g/mol. The van der Waals surface area contributed by atoms with E-state index in [2.05, 4.69) is 29.0 Å². The number of aryl methyl sites for hydroxylation is 1. The van der Waals surface area contributed by atoms with Crippen molar-refractivity contribution < 1.29 is 9.53 Å². The van der Waals surface area contributed by atoms with Crippen molar-refractivity contribution in [2.45, 2.75) is 33.4 Å². The van der Waals surface area contributed by atoms with Gasteiger partial charge in [-0.3, -0.25) is 4.79 Å². The Bertz CT molecular complexity index is 661. The number of carbonyl (C=O) groups is 1. The molecular formula is C17H22N2O2S. The van der Waals surface area contributed by atoms with E-state index >= 15 is 0 Å². The first kappa shape index (κ1) is 15.3. The van der Waals surface area contributed by atoms with Crippen molar-refractivity contribution in [3.63, 3.8) is 0 Å². The average Bonchev–Trinajstić information content (AvgIpc) is 3.11. The van der Waals surface area contributed by atoms with Crippen LogP contribution in [0.25, 0.3) is 0 Å². The summed E-state index contributed by atoms with van der Waals surface area (Å²) in [5.41, 5.74) is 3.01. The molecule has 118 valence electrons. The Morgan fingerprint density at radius 2 is 2.27 bits per heavy atom. The standard InChI is InChI=1S/C17H22N2O2S/c1-12-9-16(17(20)18-6-7-21-11-13(18)2)14(3)19(12)10-15-5-4-8-22-15/h4-5,8-9,13H,6-7,10-11H2,1-3H3/t13-/m0/s1. The van der Waals surface area contributed by atoms with Crippen molar-refractivity contribution in [1.82, 2.24) is 9.47 Å². The minimum absolute atomic E-state index is 0.126. The predicted molar refractivity (Wildman–Crippen MR) is 88.6 cm³/mol. The zero-order chi connectivity index (χ0) is 15.7. The molecule has 1 aliphatic rings. The number of rotatable bonds is 3. The number of ether oxygens (including phenoxy) is 1. The summed E-state index contributed by atoms with van der Waals surface area (Å²) in [5.74, 6) is 0.126. The molecule has 0 spiro atoms. The fraction of sp³-hybridized carbons (Fsp3) is 0.471. The first-order valence-electron chi connectivity index (χ1n) is 7.65. The van der Waals surface area contributed by atoms with E-state index in [1.165, 1.54) is 4.88 Å². The molecular weight excluding hydrogens is 296 g/mol. The molecule has 0 N–H and O–H groups in total. The lowest BCUT2D eigenvalue weighted by Gasteiger charge is -2.33. The molecule has 3 heterocycles. The van der Waals surface area contributed by atoms with Crippen LogP contribution in [0, 0.1) is 13.8 Å². The van der Waals surface area contributed by atoms with E-state index in [-0.39, 0.29) is 11.9 Å². The molecule has 1 aliphatic heterocycles. The van der Waals surface area contributed by atoms with Gasteiger partial charge in [0.1, 0.15) is 0 Å². The number of amides is 1. The van der Waals surface area contributed by atoms with Gasteiger partial charge in [-0.05, 0) is 38.3 Å². The third-order valence-electron chi connectivity index (χ3n) is 4.33. The van der Waals surface area contributed by atoms with Crippen LogP contribution in [0.15, 0.2) is 23.6 Å². The Balaban J connectivity index is 1.86. The zero-order valence-corrected chi connectivity index (χ0v) is 14.2. The van der Waals surface area contributed by atoms with Gasteiger partial charge in [0.2, 0.25) is 0 Å². The fourth-order valence-corrected chi connectivity index (χ4v) is 3.70. The lowest BCUT2D eigenvalue weighted by molar-refractivity contribution is 0.00355. The molecule has 2 aromatic heterocycles. The van der Waals surface area contributed by atoms with Gasteiger partial charge < -0.3 is 14.2 Å². The van der Waals surface area contributed by atoms with Crippen LogP contribution < -0.4 is 0 Å². The average molecular weight is 318 g/mol. The number of hydrogen-bond donors (Lipinski definition) is 0. The molecule has 0 radical (unpaired) electrons. The summed E-state index contributed by atoms with van der Waals surface area (Å²) in [7, 11) is 0. The maximum atomic E-state index is 12.9. The van der Waals surface area contributed by atoms with Crippen LogP contribution in [0.5, 0.6) is 0 Å². The summed E-state index contributed by atoms with van der Waals surface area (Å²) in [6.07, 6.45) is 0. The van der Waals surface area contributed by atoms with Crippen molar-refractivity contribution in [2.24, 2.45) is 0 Å². The van der Waals surface area contributed by atoms with Gasteiger partial charge in [0.15, 0.2) is 0 Å². The fourth-order valence-electron chi connectivity index (χ4n) is 3.00. The number of hydrogen-bond acceptors (Lipinski definition) is 3. The molecule has 0 saturated carbocycles. The molecule has 22 heavy (non-hydrogen) atoms. The van der Waals surface area contributed by atoms with E-state index < -0.39 is 0 Å². The first-order chi connectivity index (χ1) is 10.6. The van der Waals surface area contributed by atoms with Gasteiger partial charge in [-0.15, -0.1) is 11.3 Å². The molecule has 5 heteroatoms. The molecule has 0 aliphatic carbocycles. The Hall–Kier alpha value is -1.59. The van der Waals surface area contributed by atoms with Crippen molar-refractivity contribution in [2.75, 3.05) is 19.8 Å². The summed E-state index contributed by atoms with van der Waals surface area (Å²) < 4.78 is 7.66. The molecule has 1 atom stereocenters. The lowest BCUT2D eigenvalue weighted by atomic mass is 10.1. The van der Waals surface area contributed by atoms with E-state index in [0.29, 0.717) is 19.8 Å². The van der Waals surface area contributed by atoms with E-state index in [1.54, 1.807) is 11.3 Å². The summed E-state index contributed by atoms with van der Waals surface area (Å²) >= 11 is 1.75. The highest BCUT2D eigenvalue weighted by Crippen LogP contribution is 2.22. The van der Waals surface area contributed by atoms with Gasteiger partial charge in [0, 0.05) is 22.8 Å². The molecule has 1 amide bonds. The Kier molecular flexibility index (Phi) is 4.36. The summed E-state index contributed by atoms with van der Waals surface area (Å²) in [4.78, 5) is 16.1. The van der Waals surface area contributed by atoms with Gasteiger partial charge >= 0.3 is 0 Å². The number of thiophene rings is 1. The minimum atomic E-state index is 0.126. The quantitative estimate of drug-likeness (QED) is 0.871. The van der Waals surface area contributed by atoms with Crippen LogP contribution in [-0.4, -0.2) is 41.2 Å². The number of nitrogens with zero attached hydrogens (tertiary/aromatic N) is 2. The van der Waals surface area contributed by atoms with Gasteiger partial charge in [0.25, 0.3) is 5.91 Å². The van der Waals surface area contributed by atoms with Gasteiger partial charge in [-0.1, -0.05) is 6.07 Å². The first-order valence-corrected chi connectivity index (χ1v) is 8.53. The summed E-state index contributed by atoms with van der Waals surface area (Å²) in [5, 5.41) is 2.09. The number of morpholine rings is 1. The second kappa shape index (κ2) is 6.26. The van der Waals surface area contributed by atoms with Gasteiger partial charge in [-0.2, -0.15) is 0 Å². The van der Waals surface area contributed by atoms with Crippen molar-refractivity contribution in [1.29, 1.82) is 0 Å². The third-order valence-corrected chi connectivity index (χ3v) is 5.19. The van der Waals surface area contributed by atoms with E-state index in [9.17, 15) is 4.79 Å². The highest BCUT2D eigenvalue weighted by atomic mass is 32.1. The van der Waals surface area contributed by atoms with Crippen molar-refractivity contribution in [3.8, 4) is 0 Å². The topological polar surface area (TPSA) is 34.5 Å². The smallest absolute Gasteiger partial charge is 0.256 e. The van der Waals surface area contributed by atoms with Crippen LogP contribution >= 0.6 is 11.3 Å². The highest BCUT2D eigenvalue weighted by Gasteiger charge is 2.27. The van der Waals surface area contributed by atoms with Crippen LogP contribution in [0.2, 0.25) is 0 Å². The van der Waals surface area contributed by atoms with Crippen LogP contribution in [-0.2, 0) is 11.3 Å². The number of carbonyl (C=O) groups excluding carboxylic acids is 1. The molecule has 0 aromatic carbocycles. The molecule has 1 fully saturated rings. The molecule has 0 bridgehead atoms. The molecule has 1 saturated heterocycles. The minimum Gasteiger partial charge on any atom is -0.377 e. The SMILES string of the molecule is Cc1cc(C(=O)N2CCOC[C@@H]2C)c(C)n1Cc1cccs1. The Morgan fingerprint density at radius 3 is 2.95 bits per heavy atom. The van der Waals surface area contributed by atoms with Crippen LogP contribution in [0.4, 0.5) is 0 Å². The number of aromatic nitrogens is 1. The van der Waals surface area contributed by atoms with Crippen molar-refractivity contribution >= 4 is 17.2 Å². The summed E-state index contributed by atoms with van der Waals surface area (Å²) in [6, 6.07) is 6.36.